The van der Waals surface area contributed by atoms with E-state index in [2.05, 4.69) is 19.1 Å². The van der Waals surface area contributed by atoms with Crippen molar-refractivity contribution in [2.45, 2.75) is 39.5 Å². The van der Waals surface area contributed by atoms with Gasteiger partial charge in [-0.05, 0) is 51.7 Å². The predicted octanol–water partition coefficient (Wildman–Crippen LogP) is 2.01. The minimum Gasteiger partial charge on any atom is -0.494 e. The lowest BCUT2D eigenvalue weighted by atomic mass is 9.98. The topological polar surface area (TPSA) is 40.0 Å². The van der Waals surface area contributed by atoms with E-state index in [0.29, 0.717) is 6.61 Å². The van der Waals surface area contributed by atoms with Crippen LogP contribution in [0.3, 0.4) is 0 Å². The number of carbonyl (C=O) groups excluding carboxylic acids is 1. The van der Waals surface area contributed by atoms with Crippen molar-refractivity contribution in [2.75, 3.05) is 32.8 Å². The van der Waals surface area contributed by atoms with E-state index in [1.807, 2.05) is 19.1 Å². The molecule has 0 aromatic heterocycles. The number of esters is 1. The number of ether oxygens (including phenoxy) is 2. The third-order valence-corrected chi connectivity index (χ3v) is 4.45. The van der Waals surface area contributed by atoms with Crippen LogP contribution in [-0.4, -0.2) is 38.8 Å². The zero-order valence-electron chi connectivity index (χ0n) is 14.5. The van der Waals surface area contributed by atoms with Gasteiger partial charge in [0.1, 0.15) is 11.7 Å². The Balaban J connectivity index is 1.60. The second-order valence-corrected chi connectivity index (χ2v) is 6.41. The average molecular weight is 320 g/mol. The van der Waals surface area contributed by atoms with Crippen molar-refractivity contribution in [1.29, 1.82) is 0 Å². The van der Waals surface area contributed by atoms with Crippen LogP contribution in [0.5, 0.6) is 5.75 Å². The van der Waals surface area contributed by atoms with Crippen LogP contribution in [0, 0.1) is 12.8 Å². The van der Waals surface area contributed by atoms with Crippen molar-refractivity contribution in [3.63, 3.8) is 0 Å². The van der Waals surface area contributed by atoms with Crippen LogP contribution in [0.25, 0.3) is 0 Å². The fraction of sp³-hybridized carbons (Fsp3) is 0.632. The number of rotatable bonds is 8. The highest BCUT2D eigenvalue weighted by atomic mass is 16.5. The summed E-state index contributed by atoms with van der Waals surface area (Å²) in [6, 6.07) is 8.19. The third kappa shape index (κ3) is 6.22. The van der Waals surface area contributed by atoms with Crippen molar-refractivity contribution in [3.8, 4) is 5.75 Å². The number of quaternary nitrogens is 1. The van der Waals surface area contributed by atoms with E-state index in [4.69, 9.17) is 9.47 Å². The lowest BCUT2D eigenvalue weighted by molar-refractivity contribution is -0.907. The second-order valence-electron chi connectivity index (χ2n) is 6.41. The van der Waals surface area contributed by atoms with Gasteiger partial charge < -0.3 is 14.4 Å². The summed E-state index contributed by atoms with van der Waals surface area (Å²) in [6.45, 7) is 8.42. The Bertz CT molecular complexity index is 472. The van der Waals surface area contributed by atoms with Gasteiger partial charge in [-0.2, -0.15) is 0 Å². The molecule has 1 saturated heterocycles. The summed E-state index contributed by atoms with van der Waals surface area (Å²) in [7, 11) is 0. The molecule has 1 N–H and O–H groups in total. The zero-order valence-corrected chi connectivity index (χ0v) is 14.5. The molecule has 1 aliphatic heterocycles. The Kier molecular flexibility index (Phi) is 7.40. The predicted molar refractivity (Wildman–Crippen MR) is 90.8 cm³/mol. The summed E-state index contributed by atoms with van der Waals surface area (Å²) in [4.78, 5) is 13.4. The molecule has 0 saturated carbocycles. The molecule has 1 unspecified atom stereocenters. The number of likely N-dealkylation sites (tertiary alicyclic amines) is 1. The summed E-state index contributed by atoms with van der Waals surface area (Å²) in [5, 5.41) is 0. The summed E-state index contributed by atoms with van der Waals surface area (Å²) < 4.78 is 10.9. The van der Waals surface area contributed by atoms with Crippen LogP contribution in [-0.2, 0) is 9.53 Å². The van der Waals surface area contributed by atoms with E-state index in [9.17, 15) is 4.79 Å². The van der Waals surface area contributed by atoms with Gasteiger partial charge in [0.15, 0.2) is 0 Å². The molecule has 23 heavy (non-hydrogen) atoms. The highest BCUT2D eigenvalue weighted by Gasteiger charge is 2.29. The second kappa shape index (κ2) is 9.56. The summed E-state index contributed by atoms with van der Waals surface area (Å²) in [6.07, 6.45) is 4.30. The van der Waals surface area contributed by atoms with Crippen molar-refractivity contribution >= 4 is 5.97 Å². The number of benzene rings is 1. The molecule has 0 radical (unpaired) electrons. The number of hydrogen-bond donors (Lipinski definition) is 1. The van der Waals surface area contributed by atoms with Gasteiger partial charge in [-0.1, -0.05) is 17.7 Å². The fourth-order valence-electron chi connectivity index (χ4n) is 3.14. The van der Waals surface area contributed by atoms with Crippen LogP contribution < -0.4 is 9.64 Å². The minimum absolute atomic E-state index is 0.00703. The van der Waals surface area contributed by atoms with Gasteiger partial charge in [0.2, 0.25) is 0 Å². The Morgan fingerprint density at radius 2 is 2.04 bits per heavy atom. The van der Waals surface area contributed by atoms with Crippen molar-refractivity contribution in [2.24, 2.45) is 5.92 Å². The quantitative estimate of drug-likeness (QED) is 0.588. The maximum absolute atomic E-state index is 11.8. The summed E-state index contributed by atoms with van der Waals surface area (Å²) in [5.41, 5.74) is 1.25. The van der Waals surface area contributed by atoms with Gasteiger partial charge in [-0.15, -0.1) is 0 Å². The molecule has 1 fully saturated rings. The molecule has 1 aromatic carbocycles. The van der Waals surface area contributed by atoms with E-state index in [-0.39, 0.29) is 11.9 Å². The largest absolute Gasteiger partial charge is 0.494 e. The van der Waals surface area contributed by atoms with Gasteiger partial charge in [0.25, 0.3) is 0 Å². The standard InChI is InChI=1S/C19H29NO3/c1-3-22-19(21)17-7-6-13-20(15-17)12-4-5-14-23-18-10-8-16(2)9-11-18/h8-11,17H,3-7,12-15H2,1-2H3/p+1/t17-/m1/s1. The van der Waals surface area contributed by atoms with Crippen LogP contribution in [0.1, 0.15) is 38.2 Å². The molecule has 1 heterocycles. The molecular weight excluding hydrogens is 290 g/mol. The lowest BCUT2D eigenvalue weighted by Gasteiger charge is -2.28. The maximum atomic E-state index is 11.8. The van der Waals surface area contributed by atoms with E-state index >= 15 is 0 Å². The monoisotopic (exact) mass is 320 g/mol. The molecule has 0 amide bonds. The van der Waals surface area contributed by atoms with Crippen molar-refractivity contribution < 1.29 is 19.2 Å². The molecule has 1 aromatic rings. The van der Waals surface area contributed by atoms with Gasteiger partial charge in [0.05, 0.1) is 32.8 Å². The molecule has 2 atom stereocenters. The van der Waals surface area contributed by atoms with E-state index in [0.717, 1.165) is 51.1 Å². The van der Waals surface area contributed by atoms with Gasteiger partial charge >= 0.3 is 5.97 Å². The molecule has 0 bridgehead atoms. The highest BCUT2D eigenvalue weighted by Crippen LogP contribution is 2.12. The third-order valence-electron chi connectivity index (χ3n) is 4.45. The molecule has 0 spiro atoms. The first-order valence-corrected chi connectivity index (χ1v) is 8.88. The van der Waals surface area contributed by atoms with E-state index < -0.39 is 0 Å². The van der Waals surface area contributed by atoms with Crippen molar-refractivity contribution in [3.05, 3.63) is 29.8 Å². The van der Waals surface area contributed by atoms with E-state index in [1.165, 1.54) is 17.0 Å². The highest BCUT2D eigenvalue weighted by molar-refractivity contribution is 5.72. The number of carbonyl (C=O) groups is 1. The normalized spacial score (nSPS) is 21.0. The number of piperidine rings is 1. The Hall–Kier alpha value is -1.55. The minimum atomic E-state index is -0.00703. The van der Waals surface area contributed by atoms with E-state index in [1.54, 1.807) is 0 Å². The number of hydrogen-bond acceptors (Lipinski definition) is 3. The maximum Gasteiger partial charge on any atom is 0.314 e. The Labute approximate surface area is 139 Å². The smallest absolute Gasteiger partial charge is 0.314 e. The summed E-state index contributed by atoms with van der Waals surface area (Å²) >= 11 is 0. The molecule has 2 rings (SSSR count). The number of aryl methyl sites for hydroxylation is 1. The van der Waals surface area contributed by atoms with Crippen LogP contribution >= 0.6 is 0 Å². The first kappa shape index (κ1) is 17.8. The molecular formula is C19H30NO3+. The van der Waals surface area contributed by atoms with Crippen molar-refractivity contribution in [1.82, 2.24) is 0 Å². The zero-order chi connectivity index (χ0) is 16.5. The SMILES string of the molecule is CCOC(=O)[C@@H]1CCC[NH+](CCCCOc2ccc(C)cc2)C1. The molecule has 128 valence electrons. The Morgan fingerprint density at radius 1 is 1.26 bits per heavy atom. The molecule has 4 nitrogen and oxygen atoms in total. The van der Waals surface area contributed by atoms with Crippen LogP contribution in [0.4, 0.5) is 0 Å². The first-order valence-electron chi connectivity index (χ1n) is 8.88. The van der Waals surface area contributed by atoms with Gasteiger partial charge in [-0.3, -0.25) is 4.79 Å². The fourth-order valence-corrected chi connectivity index (χ4v) is 3.14. The Morgan fingerprint density at radius 3 is 2.78 bits per heavy atom. The first-order chi connectivity index (χ1) is 11.2. The molecule has 1 aliphatic rings. The molecule has 4 heteroatoms. The average Bonchev–Trinajstić information content (AvgIpc) is 2.57. The summed E-state index contributed by atoms with van der Waals surface area (Å²) in [5.74, 6) is 1.04. The van der Waals surface area contributed by atoms with Gasteiger partial charge in [0, 0.05) is 0 Å². The van der Waals surface area contributed by atoms with Crippen LogP contribution in [0.2, 0.25) is 0 Å². The number of unbranched alkanes of at least 4 members (excludes halogenated alkanes) is 1. The van der Waals surface area contributed by atoms with Crippen LogP contribution in [0.15, 0.2) is 24.3 Å². The molecule has 0 aliphatic carbocycles. The lowest BCUT2D eigenvalue weighted by Crippen LogP contribution is -3.13. The number of nitrogens with one attached hydrogen (secondary N) is 1. The van der Waals surface area contributed by atoms with Gasteiger partial charge in [-0.25, -0.2) is 0 Å².